The van der Waals surface area contributed by atoms with Crippen LogP contribution >= 0.6 is 0 Å². The van der Waals surface area contributed by atoms with Gasteiger partial charge in [0, 0.05) is 6.54 Å². The highest BCUT2D eigenvalue weighted by molar-refractivity contribution is 5.80. The average Bonchev–Trinajstić information content (AvgIpc) is 2.55. The number of nitrogens with one attached hydrogen (secondary N) is 1. The first kappa shape index (κ1) is 18.8. The maximum Gasteiger partial charge on any atom is 0.261 e. The largest absolute Gasteiger partial charge is 0.491 e. The molecule has 2 aromatic carbocycles. The van der Waals surface area contributed by atoms with E-state index >= 15 is 0 Å². The van der Waals surface area contributed by atoms with Gasteiger partial charge in [0.05, 0.1) is 6.10 Å². The Balaban J connectivity index is 1.89. The van der Waals surface area contributed by atoms with Crippen molar-refractivity contribution in [2.45, 2.75) is 53.4 Å². The third kappa shape index (κ3) is 5.82. The Bertz CT molecular complexity index is 725. The van der Waals surface area contributed by atoms with E-state index in [4.69, 9.17) is 9.47 Å². The number of carbonyl (C=O) groups excluding carboxylic acids is 1. The van der Waals surface area contributed by atoms with E-state index < -0.39 is 6.10 Å². The van der Waals surface area contributed by atoms with Crippen molar-refractivity contribution in [3.8, 4) is 11.5 Å². The van der Waals surface area contributed by atoms with Crippen molar-refractivity contribution >= 4 is 5.91 Å². The summed E-state index contributed by atoms with van der Waals surface area (Å²) in [5, 5.41) is 2.91. The minimum atomic E-state index is -0.558. The van der Waals surface area contributed by atoms with E-state index in [0.717, 1.165) is 16.9 Å². The molecule has 25 heavy (non-hydrogen) atoms. The SMILES string of the molecule is Cc1ccc(O[C@H](C)C(=O)NCc2cccc(OC(C)C)c2)cc1C. The Morgan fingerprint density at radius 2 is 1.68 bits per heavy atom. The summed E-state index contributed by atoms with van der Waals surface area (Å²) in [4.78, 5) is 12.3. The van der Waals surface area contributed by atoms with Crippen LogP contribution in [0.25, 0.3) is 0 Å². The van der Waals surface area contributed by atoms with Gasteiger partial charge >= 0.3 is 0 Å². The predicted octanol–water partition coefficient (Wildman–Crippen LogP) is 4.17. The summed E-state index contributed by atoms with van der Waals surface area (Å²) in [6, 6.07) is 13.6. The van der Waals surface area contributed by atoms with Gasteiger partial charge in [0.2, 0.25) is 0 Å². The Kier molecular flexibility index (Phi) is 6.45. The third-order valence-corrected chi connectivity index (χ3v) is 3.90. The van der Waals surface area contributed by atoms with Crippen LogP contribution in [-0.4, -0.2) is 18.1 Å². The molecule has 0 aliphatic rings. The standard InChI is InChI=1S/C21H27NO3/c1-14(2)24-19-8-6-7-18(12-19)13-22-21(23)17(5)25-20-10-9-15(3)16(4)11-20/h6-12,14,17H,13H2,1-5H3,(H,22,23)/t17-/m1/s1. The van der Waals surface area contributed by atoms with Crippen LogP contribution < -0.4 is 14.8 Å². The molecule has 1 atom stereocenters. The number of ether oxygens (including phenoxy) is 2. The van der Waals surface area contributed by atoms with E-state index in [9.17, 15) is 4.79 Å². The van der Waals surface area contributed by atoms with Crippen molar-refractivity contribution in [1.29, 1.82) is 0 Å². The van der Waals surface area contributed by atoms with Crippen LogP contribution in [0.3, 0.4) is 0 Å². The predicted molar refractivity (Wildman–Crippen MR) is 100 cm³/mol. The Labute approximate surface area is 150 Å². The lowest BCUT2D eigenvalue weighted by Crippen LogP contribution is -2.35. The van der Waals surface area contributed by atoms with Crippen LogP contribution in [0.4, 0.5) is 0 Å². The second kappa shape index (κ2) is 8.56. The number of aryl methyl sites for hydroxylation is 2. The zero-order chi connectivity index (χ0) is 18.4. The minimum absolute atomic E-state index is 0.122. The van der Waals surface area contributed by atoms with E-state index in [1.807, 2.05) is 70.2 Å². The van der Waals surface area contributed by atoms with Crippen molar-refractivity contribution < 1.29 is 14.3 Å². The maximum atomic E-state index is 12.3. The second-order valence-corrected chi connectivity index (χ2v) is 6.54. The lowest BCUT2D eigenvalue weighted by Gasteiger charge is -2.16. The quantitative estimate of drug-likeness (QED) is 0.822. The van der Waals surface area contributed by atoms with Gasteiger partial charge < -0.3 is 14.8 Å². The molecule has 2 rings (SSSR count). The zero-order valence-electron chi connectivity index (χ0n) is 15.6. The molecule has 0 fully saturated rings. The highest BCUT2D eigenvalue weighted by Crippen LogP contribution is 2.18. The van der Waals surface area contributed by atoms with Crippen molar-refractivity contribution in [2.24, 2.45) is 0 Å². The topological polar surface area (TPSA) is 47.6 Å². The summed E-state index contributed by atoms with van der Waals surface area (Å²) in [6.45, 7) is 10.2. The molecule has 0 radical (unpaired) electrons. The van der Waals surface area contributed by atoms with Gasteiger partial charge in [-0.2, -0.15) is 0 Å². The van der Waals surface area contributed by atoms with Crippen LogP contribution in [0.15, 0.2) is 42.5 Å². The molecule has 0 saturated heterocycles. The molecule has 0 aromatic heterocycles. The van der Waals surface area contributed by atoms with E-state index in [-0.39, 0.29) is 12.0 Å². The van der Waals surface area contributed by atoms with Gasteiger partial charge in [0.15, 0.2) is 6.10 Å². The maximum absolute atomic E-state index is 12.3. The molecule has 4 heteroatoms. The van der Waals surface area contributed by atoms with Crippen molar-refractivity contribution in [2.75, 3.05) is 0 Å². The number of carbonyl (C=O) groups is 1. The molecule has 0 aliphatic heterocycles. The smallest absolute Gasteiger partial charge is 0.261 e. The molecule has 0 heterocycles. The van der Waals surface area contributed by atoms with Gasteiger partial charge in [0.1, 0.15) is 11.5 Å². The monoisotopic (exact) mass is 341 g/mol. The molecule has 0 bridgehead atoms. The molecule has 0 aliphatic carbocycles. The van der Waals surface area contributed by atoms with E-state index in [1.54, 1.807) is 6.92 Å². The number of hydrogen-bond acceptors (Lipinski definition) is 3. The molecule has 2 aromatic rings. The summed E-state index contributed by atoms with van der Waals surface area (Å²) in [7, 11) is 0. The number of hydrogen-bond donors (Lipinski definition) is 1. The fourth-order valence-corrected chi connectivity index (χ4v) is 2.38. The van der Waals surface area contributed by atoms with Crippen LogP contribution in [0, 0.1) is 13.8 Å². The highest BCUT2D eigenvalue weighted by atomic mass is 16.5. The van der Waals surface area contributed by atoms with Crippen LogP contribution in [0.2, 0.25) is 0 Å². The first-order valence-corrected chi connectivity index (χ1v) is 8.62. The molecule has 134 valence electrons. The molecule has 4 nitrogen and oxygen atoms in total. The first-order valence-electron chi connectivity index (χ1n) is 8.62. The van der Waals surface area contributed by atoms with E-state index in [0.29, 0.717) is 12.3 Å². The minimum Gasteiger partial charge on any atom is -0.491 e. The van der Waals surface area contributed by atoms with E-state index in [2.05, 4.69) is 5.32 Å². The van der Waals surface area contributed by atoms with Gasteiger partial charge in [-0.15, -0.1) is 0 Å². The second-order valence-electron chi connectivity index (χ2n) is 6.54. The average molecular weight is 341 g/mol. The number of rotatable bonds is 7. The summed E-state index contributed by atoms with van der Waals surface area (Å²) in [5.74, 6) is 1.37. The van der Waals surface area contributed by atoms with Crippen molar-refractivity contribution in [3.05, 3.63) is 59.2 Å². The summed E-state index contributed by atoms with van der Waals surface area (Å²) >= 11 is 0. The Morgan fingerprint density at radius 1 is 0.960 bits per heavy atom. The summed E-state index contributed by atoms with van der Waals surface area (Å²) < 4.78 is 11.4. The van der Waals surface area contributed by atoms with E-state index in [1.165, 1.54) is 5.56 Å². The first-order chi connectivity index (χ1) is 11.8. The molecule has 0 unspecified atom stereocenters. The fourth-order valence-electron chi connectivity index (χ4n) is 2.38. The van der Waals surface area contributed by atoms with Gasteiger partial charge in [-0.3, -0.25) is 4.79 Å². The molecule has 1 N–H and O–H groups in total. The number of amides is 1. The molecular weight excluding hydrogens is 314 g/mol. The lowest BCUT2D eigenvalue weighted by molar-refractivity contribution is -0.127. The van der Waals surface area contributed by atoms with Crippen molar-refractivity contribution in [3.63, 3.8) is 0 Å². The molecular formula is C21H27NO3. The molecule has 1 amide bonds. The summed E-state index contributed by atoms with van der Waals surface area (Å²) in [6.07, 6.45) is -0.437. The normalized spacial score (nSPS) is 11.9. The fraction of sp³-hybridized carbons (Fsp3) is 0.381. The van der Waals surface area contributed by atoms with Crippen molar-refractivity contribution in [1.82, 2.24) is 5.32 Å². The third-order valence-electron chi connectivity index (χ3n) is 3.90. The van der Waals surface area contributed by atoms with Gasteiger partial charge in [0.25, 0.3) is 5.91 Å². The highest BCUT2D eigenvalue weighted by Gasteiger charge is 2.14. The van der Waals surface area contributed by atoms with Gasteiger partial charge in [-0.05, 0) is 75.6 Å². The zero-order valence-corrected chi connectivity index (χ0v) is 15.6. The van der Waals surface area contributed by atoms with Gasteiger partial charge in [-0.25, -0.2) is 0 Å². The molecule has 0 saturated carbocycles. The van der Waals surface area contributed by atoms with Crippen LogP contribution in [0.1, 0.15) is 37.5 Å². The number of benzene rings is 2. The Hall–Kier alpha value is -2.49. The van der Waals surface area contributed by atoms with Gasteiger partial charge in [-0.1, -0.05) is 18.2 Å². The van der Waals surface area contributed by atoms with Crippen LogP contribution in [0.5, 0.6) is 11.5 Å². The van der Waals surface area contributed by atoms with Crippen LogP contribution in [-0.2, 0) is 11.3 Å². The molecule has 0 spiro atoms. The Morgan fingerprint density at radius 3 is 2.36 bits per heavy atom. The summed E-state index contributed by atoms with van der Waals surface area (Å²) in [5.41, 5.74) is 3.34. The lowest BCUT2D eigenvalue weighted by atomic mass is 10.1.